The van der Waals surface area contributed by atoms with E-state index >= 15 is 0 Å². The number of aliphatic imine (C=N–C) groups is 1. The van der Waals surface area contributed by atoms with Gasteiger partial charge in [0.05, 0.1) is 0 Å². The van der Waals surface area contributed by atoms with Crippen molar-refractivity contribution in [2.75, 3.05) is 7.05 Å². The highest BCUT2D eigenvalue weighted by Gasteiger charge is 2.46. The molecule has 1 aliphatic rings. The lowest BCUT2D eigenvalue weighted by molar-refractivity contribution is 0.477. The van der Waals surface area contributed by atoms with Crippen molar-refractivity contribution in [2.45, 2.75) is 53.1 Å². The van der Waals surface area contributed by atoms with E-state index < -0.39 is 0 Å². The first kappa shape index (κ1) is 12.3. The van der Waals surface area contributed by atoms with Gasteiger partial charge in [0, 0.05) is 19.1 Å². The first-order chi connectivity index (χ1) is 6.86. The second-order valence-electron chi connectivity index (χ2n) is 5.64. The van der Waals surface area contributed by atoms with Crippen molar-refractivity contribution in [2.24, 2.45) is 16.3 Å². The third-order valence-electron chi connectivity index (χ3n) is 3.41. The molecule has 1 aliphatic carbocycles. The third kappa shape index (κ3) is 3.40. The molecular formula is C12H25N3. The Hall–Kier alpha value is -0.730. The summed E-state index contributed by atoms with van der Waals surface area (Å²) in [6.07, 6.45) is 1.24. The van der Waals surface area contributed by atoms with Crippen molar-refractivity contribution >= 4 is 5.96 Å². The molecule has 0 radical (unpaired) electrons. The zero-order valence-electron chi connectivity index (χ0n) is 10.9. The van der Waals surface area contributed by atoms with E-state index in [9.17, 15) is 0 Å². The van der Waals surface area contributed by atoms with E-state index in [1.165, 1.54) is 6.42 Å². The van der Waals surface area contributed by atoms with Gasteiger partial charge in [-0.05, 0) is 24.7 Å². The molecule has 88 valence electrons. The molecule has 0 aromatic heterocycles. The van der Waals surface area contributed by atoms with Crippen LogP contribution in [0.5, 0.6) is 0 Å². The summed E-state index contributed by atoms with van der Waals surface area (Å²) in [5.41, 5.74) is 0.443. The van der Waals surface area contributed by atoms with E-state index in [0.717, 1.165) is 5.96 Å². The van der Waals surface area contributed by atoms with Gasteiger partial charge in [-0.25, -0.2) is 0 Å². The molecule has 2 unspecified atom stereocenters. The normalized spacial score (nSPS) is 26.3. The Morgan fingerprint density at radius 1 is 1.33 bits per heavy atom. The van der Waals surface area contributed by atoms with Crippen molar-refractivity contribution < 1.29 is 0 Å². The minimum absolute atomic E-state index is 0.443. The zero-order valence-corrected chi connectivity index (χ0v) is 10.9. The van der Waals surface area contributed by atoms with Crippen LogP contribution in [0, 0.1) is 11.3 Å². The smallest absolute Gasteiger partial charge is 0.191 e. The van der Waals surface area contributed by atoms with E-state index in [1.54, 1.807) is 0 Å². The van der Waals surface area contributed by atoms with Crippen molar-refractivity contribution in [3.63, 3.8) is 0 Å². The van der Waals surface area contributed by atoms with E-state index in [-0.39, 0.29) is 0 Å². The average molecular weight is 211 g/mol. The second kappa shape index (κ2) is 4.42. The Labute approximate surface area is 93.7 Å². The van der Waals surface area contributed by atoms with Crippen LogP contribution in [0.4, 0.5) is 0 Å². The Kier molecular flexibility index (Phi) is 3.63. The van der Waals surface area contributed by atoms with E-state index in [0.29, 0.717) is 23.4 Å². The molecule has 0 spiro atoms. The molecule has 1 rings (SSSR count). The number of rotatable bonds is 3. The largest absolute Gasteiger partial charge is 0.354 e. The molecule has 15 heavy (non-hydrogen) atoms. The number of nitrogens with one attached hydrogen (secondary N) is 2. The number of hydrogen-bond donors (Lipinski definition) is 2. The molecule has 3 heteroatoms. The van der Waals surface area contributed by atoms with Gasteiger partial charge in [0.25, 0.3) is 0 Å². The van der Waals surface area contributed by atoms with Crippen LogP contribution in [0.1, 0.15) is 41.0 Å². The Bertz CT molecular complexity index is 237. The highest BCUT2D eigenvalue weighted by Crippen LogP contribution is 2.44. The summed E-state index contributed by atoms with van der Waals surface area (Å²) in [6, 6.07) is 1.04. The van der Waals surface area contributed by atoms with Crippen LogP contribution in [0.25, 0.3) is 0 Å². The lowest BCUT2D eigenvalue weighted by atomic mass is 10.1. The van der Waals surface area contributed by atoms with Crippen molar-refractivity contribution in [3.05, 3.63) is 0 Å². The maximum Gasteiger partial charge on any atom is 0.191 e. The van der Waals surface area contributed by atoms with Crippen molar-refractivity contribution in [3.8, 4) is 0 Å². The van der Waals surface area contributed by atoms with E-state index in [2.05, 4.69) is 50.2 Å². The summed E-state index contributed by atoms with van der Waals surface area (Å²) in [6.45, 7) is 11.2. The predicted molar refractivity (Wildman–Crippen MR) is 66.1 cm³/mol. The van der Waals surface area contributed by atoms with E-state index in [4.69, 9.17) is 0 Å². The maximum atomic E-state index is 4.25. The van der Waals surface area contributed by atoms with Gasteiger partial charge in [-0.15, -0.1) is 0 Å². The molecule has 0 aromatic rings. The van der Waals surface area contributed by atoms with Gasteiger partial charge in [0.2, 0.25) is 0 Å². The highest BCUT2D eigenvalue weighted by atomic mass is 15.2. The zero-order chi connectivity index (χ0) is 11.6. The molecule has 1 fully saturated rings. The fraction of sp³-hybridized carbons (Fsp3) is 0.917. The Morgan fingerprint density at radius 3 is 2.20 bits per heavy atom. The maximum absolute atomic E-state index is 4.25. The van der Waals surface area contributed by atoms with Gasteiger partial charge < -0.3 is 10.6 Å². The van der Waals surface area contributed by atoms with Gasteiger partial charge in [-0.3, -0.25) is 4.99 Å². The minimum Gasteiger partial charge on any atom is -0.354 e. The topological polar surface area (TPSA) is 36.4 Å². The van der Waals surface area contributed by atoms with Crippen LogP contribution in [0.3, 0.4) is 0 Å². The first-order valence-corrected chi connectivity index (χ1v) is 5.86. The second-order valence-corrected chi connectivity index (χ2v) is 5.64. The van der Waals surface area contributed by atoms with Crippen LogP contribution >= 0.6 is 0 Å². The quantitative estimate of drug-likeness (QED) is 0.553. The summed E-state index contributed by atoms with van der Waals surface area (Å²) in [7, 11) is 1.83. The van der Waals surface area contributed by atoms with Gasteiger partial charge in [0.1, 0.15) is 0 Å². The SMILES string of the molecule is CN=C(NC(C)C(C)C)NC1CC1(C)C. The molecular weight excluding hydrogens is 186 g/mol. The lowest BCUT2D eigenvalue weighted by Gasteiger charge is -2.21. The van der Waals surface area contributed by atoms with Crippen LogP contribution in [0.2, 0.25) is 0 Å². The number of guanidine groups is 1. The van der Waals surface area contributed by atoms with Crippen molar-refractivity contribution in [1.29, 1.82) is 0 Å². The molecule has 1 saturated carbocycles. The molecule has 2 atom stereocenters. The standard InChI is InChI=1S/C12H25N3/c1-8(2)9(3)14-11(13-6)15-10-7-12(10,4)5/h8-10H,7H2,1-6H3,(H2,13,14,15). The van der Waals surface area contributed by atoms with Crippen LogP contribution in [-0.4, -0.2) is 25.1 Å². The van der Waals surface area contributed by atoms with Crippen LogP contribution in [0.15, 0.2) is 4.99 Å². The number of hydrogen-bond acceptors (Lipinski definition) is 1. The summed E-state index contributed by atoms with van der Waals surface area (Å²) < 4.78 is 0. The molecule has 0 saturated heterocycles. The van der Waals surface area contributed by atoms with E-state index in [1.807, 2.05) is 7.05 Å². The molecule has 0 heterocycles. The minimum atomic E-state index is 0.443. The highest BCUT2D eigenvalue weighted by molar-refractivity contribution is 5.80. The van der Waals surface area contributed by atoms with Crippen LogP contribution < -0.4 is 10.6 Å². The molecule has 3 nitrogen and oxygen atoms in total. The van der Waals surface area contributed by atoms with Gasteiger partial charge in [0.15, 0.2) is 5.96 Å². The monoisotopic (exact) mass is 211 g/mol. The lowest BCUT2D eigenvalue weighted by Crippen LogP contribution is -2.45. The molecule has 0 aromatic carbocycles. The Balaban J connectivity index is 2.38. The molecule has 0 aliphatic heterocycles. The average Bonchev–Trinajstić information content (AvgIpc) is 2.72. The summed E-state index contributed by atoms with van der Waals surface area (Å²) in [4.78, 5) is 4.25. The fourth-order valence-electron chi connectivity index (χ4n) is 1.43. The summed E-state index contributed by atoms with van der Waals surface area (Å²) >= 11 is 0. The summed E-state index contributed by atoms with van der Waals surface area (Å²) in [5, 5.41) is 6.87. The predicted octanol–water partition coefficient (Wildman–Crippen LogP) is 1.99. The Morgan fingerprint density at radius 2 is 1.87 bits per heavy atom. The molecule has 2 N–H and O–H groups in total. The fourth-order valence-corrected chi connectivity index (χ4v) is 1.43. The number of nitrogens with zero attached hydrogens (tertiary/aromatic N) is 1. The van der Waals surface area contributed by atoms with Gasteiger partial charge >= 0.3 is 0 Å². The van der Waals surface area contributed by atoms with Gasteiger partial charge in [-0.1, -0.05) is 27.7 Å². The third-order valence-corrected chi connectivity index (χ3v) is 3.41. The van der Waals surface area contributed by atoms with Crippen LogP contribution in [-0.2, 0) is 0 Å². The van der Waals surface area contributed by atoms with Gasteiger partial charge in [-0.2, -0.15) is 0 Å². The van der Waals surface area contributed by atoms with Crippen molar-refractivity contribution in [1.82, 2.24) is 10.6 Å². The molecule has 0 bridgehead atoms. The first-order valence-electron chi connectivity index (χ1n) is 5.86. The summed E-state index contributed by atoms with van der Waals surface area (Å²) in [5.74, 6) is 1.56. The molecule has 0 amide bonds.